The average molecular weight is 345 g/mol. The first-order valence-corrected chi connectivity index (χ1v) is 14.1. The fraction of sp³-hybridized carbons (Fsp3) is 1.00. The Morgan fingerprint density at radius 3 is 1.00 bits per heavy atom. The van der Waals surface area contributed by atoms with Crippen LogP contribution in [0.1, 0.15) is 118 Å². The van der Waals surface area contributed by atoms with Gasteiger partial charge in [0.2, 0.25) is 0 Å². The number of unbranched alkanes of at least 4 members (excludes halogenated alkanes) is 11. The second-order valence-corrected chi connectivity index (χ2v) is 13.2. The van der Waals surface area contributed by atoms with Gasteiger partial charge < -0.3 is 0 Å². The monoisotopic (exact) mass is 344 g/mol. The van der Waals surface area contributed by atoms with Gasteiger partial charge >= 0.3 is 149 Å². The topological polar surface area (TPSA) is 0 Å². The van der Waals surface area contributed by atoms with E-state index in [2.05, 4.69) is 27.7 Å². The molecule has 0 aliphatic carbocycles. The summed E-state index contributed by atoms with van der Waals surface area (Å²) in [7, 11) is -0.940. The standard InChI is InChI=1S/C22H49P/c1-5-9-12-15-18-21-23(8-4,20-17-14-11-7-3)22-19-16-13-10-6-2/h23H,5-22H2,1-4H3. The van der Waals surface area contributed by atoms with E-state index in [-0.39, 0.29) is 0 Å². The molecule has 0 saturated carbocycles. The summed E-state index contributed by atoms with van der Waals surface area (Å²) in [5.74, 6) is 0. The molecule has 1 heteroatoms. The molecule has 0 radical (unpaired) electrons. The van der Waals surface area contributed by atoms with Crippen molar-refractivity contribution in [3.63, 3.8) is 0 Å². The first-order valence-electron chi connectivity index (χ1n) is 11.2. The van der Waals surface area contributed by atoms with Crippen LogP contribution >= 0.6 is 7.26 Å². The summed E-state index contributed by atoms with van der Waals surface area (Å²) in [5, 5.41) is 0. The summed E-state index contributed by atoms with van der Waals surface area (Å²) in [5.41, 5.74) is 0. The first-order chi connectivity index (χ1) is 11.2. The second kappa shape index (κ2) is 17.3. The van der Waals surface area contributed by atoms with Crippen molar-refractivity contribution in [1.29, 1.82) is 0 Å². The van der Waals surface area contributed by atoms with Crippen molar-refractivity contribution in [1.82, 2.24) is 0 Å². The Labute approximate surface area is 149 Å². The zero-order valence-corrected chi connectivity index (χ0v) is 18.2. The van der Waals surface area contributed by atoms with E-state index in [0.29, 0.717) is 0 Å². The summed E-state index contributed by atoms with van der Waals surface area (Å²) >= 11 is 0. The van der Waals surface area contributed by atoms with E-state index in [1.807, 2.05) is 0 Å². The Balaban J connectivity index is 4.22. The van der Waals surface area contributed by atoms with Crippen LogP contribution in [0.25, 0.3) is 0 Å². The van der Waals surface area contributed by atoms with E-state index in [1.54, 1.807) is 37.5 Å². The van der Waals surface area contributed by atoms with Gasteiger partial charge in [0.15, 0.2) is 0 Å². The molecule has 0 nitrogen and oxygen atoms in total. The molecule has 0 aromatic carbocycles. The molecule has 0 bridgehead atoms. The van der Waals surface area contributed by atoms with Crippen molar-refractivity contribution in [2.75, 3.05) is 24.6 Å². The molecule has 0 unspecified atom stereocenters. The zero-order chi connectivity index (χ0) is 17.2. The molecule has 0 saturated heterocycles. The van der Waals surface area contributed by atoms with Crippen LogP contribution in [0, 0.1) is 0 Å². The van der Waals surface area contributed by atoms with Crippen LogP contribution in [0.3, 0.4) is 0 Å². The van der Waals surface area contributed by atoms with Gasteiger partial charge in [-0.15, -0.1) is 0 Å². The molecule has 0 spiro atoms. The third-order valence-corrected chi connectivity index (χ3v) is 11.7. The van der Waals surface area contributed by atoms with E-state index in [0.717, 1.165) is 0 Å². The minimum atomic E-state index is -0.940. The van der Waals surface area contributed by atoms with E-state index < -0.39 is 7.26 Å². The molecule has 0 aromatic rings. The summed E-state index contributed by atoms with van der Waals surface area (Å²) in [6.45, 7) is 9.53. The molecule has 142 valence electrons. The molecule has 0 rings (SSSR count). The van der Waals surface area contributed by atoms with E-state index in [9.17, 15) is 0 Å². The van der Waals surface area contributed by atoms with Gasteiger partial charge in [-0.2, -0.15) is 0 Å². The van der Waals surface area contributed by atoms with Crippen LogP contribution in [-0.2, 0) is 0 Å². The third-order valence-electron chi connectivity index (χ3n) is 5.93. The summed E-state index contributed by atoms with van der Waals surface area (Å²) in [6.07, 6.45) is 27.1. The molecule has 23 heavy (non-hydrogen) atoms. The van der Waals surface area contributed by atoms with Crippen LogP contribution in [0.5, 0.6) is 0 Å². The van der Waals surface area contributed by atoms with Crippen LogP contribution < -0.4 is 0 Å². The Kier molecular flexibility index (Phi) is 17.6. The van der Waals surface area contributed by atoms with Gasteiger partial charge in [0, 0.05) is 0 Å². The predicted octanol–water partition coefficient (Wildman–Crippen LogP) is 8.28. The summed E-state index contributed by atoms with van der Waals surface area (Å²) < 4.78 is 0. The van der Waals surface area contributed by atoms with Crippen LogP contribution in [0.4, 0.5) is 0 Å². The van der Waals surface area contributed by atoms with Crippen molar-refractivity contribution >= 4 is 7.26 Å². The van der Waals surface area contributed by atoms with Crippen molar-refractivity contribution in [2.24, 2.45) is 0 Å². The summed E-state index contributed by atoms with van der Waals surface area (Å²) in [4.78, 5) is 0. The number of rotatable bonds is 18. The van der Waals surface area contributed by atoms with Crippen LogP contribution in [0.2, 0.25) is 0 Å². The molecule has 0 aliphatic rings. The van der Waals surface area contributed by atoms with E-state index >= 15 is 0 Å². The maximum absolute atomic E-state index is 2.53. The fourth-order valence-electron chi connectivity index (χ4n) is 4.04. The SMILES string of the molecule is CCCCCCC[PH](CC)(CCCCCC)CCCCCCC. The van der Waals surface area contributed by atoms with Crippen LogP contribution in [0.15, 0.2) is 0 Å². The van der Waals surface area contributed by atoms with Crippen LogP contribution in [-0.4, -0.2) is 24.6 Å². The molecule has 0 aromatic heterocycles. The molecule has 0 amide bonds. The zero-order valence-electron chi connectivity index (χ0n) is 17.2. The molecular formula is C22H49P. The van der Waals surface area contributed by atoms with Gasteiger partial charge in [0.05, 0.1) is 0 Å². The Morgan fingerprint density at radius 1 is 0.391 bits per heavy atom. The molecular weight excluding hydrogens is 295 g/mol. The molecule has 0 N–H and O–H groups in total. The normalized spacial score (nSPS) is 12.7. The number of hydrogen-bond acceptors (Lipinski definition) is 0. The van der Waals surface area contributed by atoms with Gasteiger partial charge in [0.1, 0.15) is 0 Å². The second-order valence-electron chi connectivity index (χ2n) is 7.99. The summed E-state index contributed by atoms with van der Waals surface area (Å²) in [6, 6.07) is 0. The van der Waals surface area contributed by atoms with Crippen molar-refractivity contribution in [3.8, 4) is 0 Å². The first kappa shape index (κ1) is 23.4. The molecule has 0 aliphatic heterocycles. The Bertz CT molecular complexity index is 210. The van der Waals surface area contributed by atoms with Gasteiger partial charge in [-0.3, -0.25) is 0 Å². The minimum absolute atomic E-state index is 0.940. The Hall–Kier alpha value is 0.430. The van der Waals surface area contributed by atoms with Gasteiger partial charge in [0.25, 0.3) is 0 Å². The van der Waals surface area contributed by atoms with Crippen molar-refractivity contribution < 1.29 is 0 Å². The van der Waals surface area contributed by atoms with Gasteiger partial charge in [-0.05, 0) is 0 Å². The van der Waals surface area contributed by atoms with Crippen molar-refractivity contribution in [3.05, 3.63) is 0 Å². The predicted molar refractivity (Wildman–Crippen MR) is 115 cm³/mol. The van der Waals surface area contributed by atoms with Crippen molar-refractivity contribution in [2.45, 2.75) is 118 Å². The maximum atomic E-state index is 2.53. The van der Waals surface area contributed by atoms with E-state index in [1.165, 1.54) is 77.0 Å². The Morgan fingerprint density at radius 2 is 0.696 bits per heavy atom. The molecule has 0 fully saturated rings. The molecule has 0 atom stereocenters. The quantitative estimate of drug-likeness (QED) is 0.173. The fourth-order valence-corrected chi connectivity index (χ4v) is 8.85. The molecule has 0 heterocycles. The third kappa shape index (κ3) is 13.4. The average Bonchev–Trinajstić information content (AvgIpc) is 2.57. The number of hydrogen-bond donors (Lipinski definition) is 0. The van der Waals surface area contributed by atoms with Gasteiger partial charge in [-0.25, -0.2) is 0 Å². The van der Waals surface area contributed by atoms with Gasteiger partial charge in [-0.1, -0.05) is 0 Å². The van der Waals surface area contributed by atoms with E-state index in [4.69, 9.17) is 0 Å².